The quantitative estimate of drug-likeness (QED) is 0.0409. The first-order valence-electron chi connectivity index (χ1n) is 31.2. The maximum absolute atomic E-state index is 13.0. The highest BCUT2D eigenvalue weighted by Gasteiger charge is 2.59. The van der Waals surface area contributed by atoms with Crippen molar-refractivity contribution >= 4 is 23.6 Å². The second kappa shape index (κ2) is 35.1. The van der Waals surface area contributed by atoms with Gasteiger partial charge in [-0.1, -0.05) is 0 Å². The second-order valence-corrected chi connectivity index (χ2v) is 24.3. The molecule has 1 aromatic rings. The molecule has 0 spiro atoms. The van der Waals surface area contributed by atoms with Crippen LogP contribution in [0.2, 0.25) is 0 Å². The molecule has 35 atom stereocenters. The van der Waals surface area contributed by atoms with Crippen LogP contribution in [0.15, 0.2) is 24.3 Å². The molecule has 7 saturated heterocycles. The van der Waals surface area contributed by atoms with Gasteiger partial charge >= 0.3 is 0 Å². The largest absolute Gasteiger partial charge is 0.497 e. The number of methoxy groups -OCH3 is 1. The van der Waals surface area contributed by atoms with E-state index in [0.29, 0.717) is 5.75 Å². The van der Waals surface area contributed by atoms with Crippen molar-refractivity contribution in [1.29, 1.82) is 0 Å². The van der Waals surface area contributed by atoms with Crippen LogP contribution >= 0.6 is 0 Å². The second-order valence-electron chi connectivity index (χ2n) is 24.3. The monoisotopic (exact) mass is 1420 g/mol. The van der Waals surface area contributed by atoms with Gasteiger partial charge in [-0.3, -0.25) is 19.2 Å². The minimum Gasteiger partial charge on any atom is -0.497 e. The number of hydrogen-bond acceptors (Lipinski definition) is 37. The summed E-state index contributed by atoms with van der Waals surface area (Å²) < 4.78 is 89.2. The van der Waals surface area contributed by atoms with Crippen molar-refractivity contribution < 1.29 is 182 Å². The molecule has 7 aliphatic rings. The molecule has 7 fully saturated rings. The molecule has 7 heterocycles. The Labute approximate surface area is 557 Å². The highest BCUT2D eigenvalue weighted by atomic mass is 16.8. The predicted molar refractivity (Wildman–Crippen MR) is 310 cm³/mol. The van der Waals surface area contributed by atoms with E-state index in [1.165, 1.54) is 31.4 Å². The van der Waals surface area contributed by atoms with Crippen LogP contribution < -0.4 is 30.7 Å². The van der Waals surface area contributed by atoms with Crippen LogP contribution in [0, 0.1) is 0 Å². The van der Waals surface area contributed by atoms with E-state index in [0.717, 1.165) is 27.7 Å². The van der Waals surface area contributed by atoms with Crippen LogP contribution in [0.3, 0.4) is 0 Å². The average molecular weight is 1420 g/mol. The third-order valence-electron chi connectivity index (χ3n) is 17.4. The smallest absolute Gasteiger partial charge is 0.223 e. The van der Waals surface area contributed by atoms with E-state index in [2.05, 4.69) is 21.3 Å². The molecule has 98 heavy (non-hydrogen) atoms. The van der Waals surface area contributed by atoms with Crippen molar-refractivity contribution in [3.8, 4) is 11.5 Å². The number of benzene rings is 1. The van der Waals surface area contributed by atoms with Crippen molar-refractivity contribution in [2.45, 2.75) is 242 Å². The molecule has 0 aliphatic carbocycles. The van der Waals surface area contributed by atoms with E-state index in [4.69, 9.17) is 71.1 Å². The zero-order chi connectivity index (χ0) is 71.9. The minimum atomic E-state index is -2.46. The molecule has 0 aromatic heterocycles. The molecule has 7 aliphatic heterocycles. The Morgan fingerprint density at radius 2 is 0.633 bits per heavy atom. The molecule has 22 N–H and O–H groups in total. The van der Waals surface area contributed by atoms with Gasteiger partial charge in [-0.15, -0.1) is 0 Å². The van der Waals surface area contributed by atoms with Gasteiger partial charge in [0.05, 0.1) is 53.4 Å². The first kappa shape index (κ1) is 79.2. The fraction of sp³-hybridized carbons (Fsp3) is 0.825. The van der Waals surface area contributed by atoms with Crippen LogP contribution in [0.4, 0.5) is 0 Å². The van der Waals surface area contributed by atoms with Crippen molar-refractivity contribution in [2.24, 2.45) is 0 Å². The first-order chi connectivity index (χ1) is 46.5. The molecule has 0 saturated carbocycles. The number of aliphatic hydroxyl groups is 18. The molecule has 560 valence electrons. The normalized spacial score (nSPS) is 44.6. The summed E-state index contributed by atoms with van der Waals surface area (Å²) in [6, 6.07) is -0.695. The predicted octanol–water partition coefficient (Wildman–Crippen LogP) is -13.6. The lowest BCUT2D eigenvalue weighted by atomic mass is 9.93. The summed E-state index contributed by atoms with van der Waals surface area (Å²) in [6.45, 7) is -3.02. The molecule has 8 rings (SSSR count). The van der Waals surface area contributed by atoms with Gasteiger partial charge in [0.15, 0.2) is 37.7 Å². The van der Waals surface area contributed by atoms with Gasteiger partial charge in [0.2, 0.25) is 29.9 Å². The molecular formula is C57H90N4O37. The lowest BCUT2D eigenvalue weighted by Crippen LogP contribution is -2.71. The van der Waals surface area contributed by atoms with Gasteiger partial charge in [-0.05, 0) is 24.3 Å². The van der Waals surface area contributed by atoms with Crippen molar-refractivity contribution in [3.05, 3.63) is 24.3 Å². The molecule has 0 bridgehead atoms. The molecule has 1 aromatic carbocycles. The Hall–Kier alpha value is -4.54. The van der Waals surface area contributed by atoms with Crippen LogP contribution in [-0.4, -0.2) is 384 Å². The lowest BCUT2D eigenvalue weighted by molar-refractivity contribution is -0.396. The van der Waals surface area contributed by atoms with E-state index in [9.17, 15) is 111 Å². The van der Waals surface area contributed by atoms with Gasteiger partial charge in [0.1, 0.15) is 182 Å². The molecule has 41 heteroatoms. The SMILES string of the molecule is COc1ccc(OC2OC(CO)C(OC3OC(CO)C(OC4OC(COC5OC(CO)C(O)C(O)C5OC5OC(CO)C(O)C(O)C5NC(C)=O)C(O)C(OC5OC(CO)C(O)C(O)C5OC5OC(CO)C(O)C(O)C5NC(C)=O)C4O)C(O)C3NC(C)=O)C(O)C2NC(C)=O)cc1. The molecule has 35 unspecified atom stereocenters. The zero-order valence-electron chi connectivity index (χ0n) is 53.3. The van der Waals surface area contributed by atoms with E-state index in [-0.39, 0.29) is 5.75 Å². The minimum absolute atomic E-state index is 0.160. The van der Waals surface area contributed by atoms with Gasteiger partial charge in [0.25, 0.3) is 0 Å². The number of ether oxygens (including phenoxy) is 15. The number of rotatable bonds is 26. The number of aliphatic hydroxyl groups excluding tert-OH is 18. The Balaban J connectivity index is 1.13. The fourth-order valence-electron chi connectivity index (χ4n) is 12.3. The summed E-state index contributed by atoms with van der Waals surface area (Å²) in [6.07, 6.45) is -61.5. The molecular weight excluding hydrogens is 1330 g/mol. The number of hydrogen-bond donors (Lipinski definition) is 22. The highest BCUT2D eigenvalue weighted by molar-refractivity contribution is 5.74. The molecule has 41 nitrogen and oxygen atoms in total. The summed E-state index contributed by atoms with van der Waals surface area (Å²) in [7, 11) is 1.43. The van der Waals surface area contributed by atoms with Crippen molar-refractivity contribution in [1.82, 2.24) is 21.3 Å². The standard InChI is InChI=1S/C57H90N4O37/c1-17(68)58-30-39(77)34(72)23(10-62)87-52(30)97-49-43(81)36(74)25(12-64)89-56(49)85-16-29-38(76)48(96-57-50(44(82)37(75)26(13-65)90-57)98-53-31(59-18(2)69)40(78)35(73)24(11-63)88-53)45(83)55(93-29)95-47-28(15-67)92-54(33(42(47)80)61-20(4)71)94-46-27(14-66)91-51(32(41(46)79)60-19(3)70)86-22-8-6-21(84-5)7-9-22/h6-9,23-57,62-67,72-83H,10-16H2,1-5H3,(H,58,68)(H,59,69)(H,60,70)(H,61,71). The Morgan fingerprint density at radius 1 is 0.327 bits per heavy atom. The van der Waals surface area contributed by atoms with E-state index in [1.807, 2.05) is 0 Å². The summed E-state index contributed by atoms with van der Waals surface area (Å²) in [5.74, 6) is -2.61. The highest BCUT2D eigenvalue weighted by Crippen LogP contribution is 2.38. The number of carbonyl (C=O) groups excluding carboxylic acids is 4. The summed E-state index contributed by atoms with van der Waals surface area (Å²) in [5.41, 5.74) is 0. The number of carbonyl (C=O) groups is 4. The molecule has 4 amide bonds. The Bertz CT molecular complexity index is 2700. The molecule has 0 radical (unpaired) electrons. The topological polar surface area (TPSA) is 619 Å². The zero-order valence-corrected chi connectivity index (χ0v) is 53.3. The van der Waals surface area contributed by atoms with Gasteiger partial charge in [-0.25, -0.2) is 0 Å². The average Bonchev–Trinajstić information content (AvgIpc) is 0.797. The Kier molecular flexibility index (Phi) is 28.3. The lowest BCUT2D eigenvalue weighted by Gasteiger charge is -2.51. The number of amides is 4. The maximum Gasteiger partial charge on any atom is 0.223 e. The number of nitrogens with one attached hydrogen (secondary N) is 4. The summed E-state index contributed by atoms with van der Waals surface area (Å²) >= 11 is 0. The third kappa shape index (κ3) is 17.9. The van der Waals surface area contributed by atoms with Gasteiger partial charge < -0.3 is 184 Å². The van der Waals surface area contributed by atoms with E-state index < -0.39 is 285 Å². The Morgan fingerprint density at radius 3 is 1.04 bits per heavy atom. The van der Waals surface area contributed by atoms with Crippen molar-refractivity contribution in [3.63, 3.8) is 0 Å². The van der Waals surface area contributed by atoms with Crippen molar-refractivity contribution in [2.75, 3.05) is 53.4 Å². The first-order valence-corrected chi connectivity index (χ1v) is 31.2. The van der Waals surface area contributed by atoms with Gasteiger partial charge in [-0.2, -0.15) is 0 Å². The summed E-state index contributed by atoms with van der Waals surface area (Å²) in [5, 5.41) is 210. The maximum atomic E-state index is 13.0. The van der Waals surface area contributed by atoms with Crippen LogP contribution in [0.1, 0.15) is 27.7 Å². The van der Waals surface area contributed by atoms with Crippen LogP contribution in [0.25, 0.3) is 0 Å². The van der Waals surface area contributed by atoms with E-state index in [1.54, 1.807) is 0 Å². The van der Waals surface area contributed by atoms with Crippen LogP contribution in [0.5, 0.6) is 11.5 Å². The summed E-state index contributed by atoms with van der Waals surface area (Å²) in [4.78, 5) is 50.4. The van der Waals surface area contributed by atoms with Crippen LogP contribution in [-0.2, 0) is 80.8 Å². The fourth-order valence-corrected chi connectivity index (χ4v) is 12.3. The van der Waals surface area contributed by atoms with Gasteiger partial charge in [0, 0.05) is 27.7 Å². The third-order valence-corrected chi connectivity index (χ3v) is 17.4. The van der Waals surface area contributed by atoms with E-state index >= 15 is 0 Å².